The Bertz CT molecular complexity index is 2110. The maximum atomic E-state index is 14.0. The number of ketones is 2. The number of phenols is 1. The predicted octanol–water partition coefficient (Wildman–Crippen LogP) is 2.80. The number of nitro benzene ring substituents is 1. The lowest BCUT2D eigenvalue weighted by molar-refractivity contribution is -0.384. The van der Waals surface area contributed by atoms with E-state index < -0.39 is 87.5 Å². The standard InChI is InChI=1S/C34H25N3O11/c35-31(43)26-23(38)12-17-8-15-10-22-21(14-4-3-5-18(9-14)37(47)48)11-16(13-36-32(44)19-6-1-2-7-20(19)33(36)45)27(39)25(22)28(40)24(15)29(41)34(17,46)30(26)42/h1-7,9,11,15,17,39-40,42,46H,8,10,12-13H2,(H2,35,43)/t15?,17?,34-/m0/s1. The molecule has 3 aromatic carbocycles. The number of carbonyl (C=O) groups is 5. The maximum absolute atomic E-state index is 14.0. The molecule has 0 spiro atoms. The number of fused-ring (bicyclic) bond motifs is 4. The Morgan fingerprint density at radius 1 is 0.958 bits per heavy atom. The maximum Gasteiger partial charge on any atom is 0.270 e. The van der Waals surface area contributed by atoms with E-state index in [1.54, 1.807) is 18.2 Å². The zero-order chi connectivity index (χ0) is 34.4. The van der Waals surface area contributed by atoms with Crippen molar-refractivity contribution in [1.82, 2.24) is 4.90 Å². The number of nitrogens with two attached hydrogens (primary N) is 1. The van der Waals surface area contributed by atoms with Crippen LogP contribution >= 0.6 is 0 Å². The van der Waals surface area contributed by atoms with Gasteiger partial charge in [0.05, 0.1) is 28.2 Å². The number of aromatic hydroxyl groups is 1. The summed E-state index contributed by atoms with van der Waals surface area (Å²) in [5, 5.41) is 57.5. The molecule has 1 aliphatic heterocycles. The van der Waals surface area contributed by atoms with Crippen molar-refractivity contribution in [3.05, 3.63) is 109 Å². The molecule has 2 unspecified atom stereocenters. The number of benzene rings is 3. The van der Waals surface area contributed by atoms with Crippen LogP contribution in [0.1, 0.15) is 50.2 Å². The van der Waals surface area contributed by atoms with Crippen molar-refractivity contribution in [2.75, 3.05) is 0 Å². The van der Waals surface area contributed by atoms with Gasteiger partial charge >= 0.3 is 0 Å². The van der Waals surface area contributed by atoms with Gasteiger partial charge in [-0.1, -0.05) is 24.3 Å². The minimum absolute atomic E-state index is 0.0442. The van der Waals surface area contributed by atoms with Crippen LogP contribution in [0.15, 0.2) is 71.5 Å². The van der Waals surface area contributed by atoms with Crippen molar-refractivity contribution >= 4 is 40.7 Å². The van der Waals surface area contributed by atoms with Crippen LogP contribution in [0.4, 0.5) is 5.69 Å². The summed E-state index contributed by atoms with van der Waals surface area (Å²) < 4.78 is 0. The number of Topliss-reactive ketones (excluding diaryl/α,β-unsaturated/α-hetero) is 2. The van der Waals surface area contributed by atoms with E-state index in [2.05, 4.69) is 0 Å². The molecule has 242 valence electrons. The second-order valence-corrected chi connectivity index (χ2v) is 12.2. The number of imide groups is 1. The molecule has 1 fully saturated rings. The summed E-state index contributed by atoms with van der Waals surface area (Å²) >= 11 is 0. The quantitative estimate of drug-likeness (QED) is 0.116. The summed E-state index contributed by atoms with van der Waals surface area (Å²) in [6, 6.07) is 13.1. The van der Waals surface area contributed by atoms with Gasteiger partial charge < -0.3 is 26.2 Å². The molecule has 0 saturated heterocycles. The van der Waals surface area contributed by atoms with E-state index in [0.29, 0.717) is 5.56 Å². The molecule has 1 heterocycles. The normalized spacial score (nSPS) is 23.1. The third-order valence-corrected chi connectivity index (χ3v) is 9.72. The van der Waals surface area contributed by atoms with Gasteiger partial charge in [0.15, 0.2) is 11.4 Å². The van der Waals surface area contributed by atoms with Crippen LogP contribution in [0.2, 0.25) is 0 Å². The molecule has 6 N–H and O–H groups in total. The summed E-state index contributed by atoms with van der Waals surface area (Å²) in [6.45, 7) is -0.479. The smallest absolute Gasteiger partial charge is 0.270 e. The second kappa shape index (κ2) is 10.4. The van der Waals surface area contributed by atoms with Crippen molar-refractivity contribution in [2.24, 2.45) is 17.6 Å². The van der Waals surface area contributed by atoms with E-state index in [9.17, 15) is 54.5 Å². The number of hydrogen-bond acceptors (Lipinski definition) is 11. The zero-order valence-electron chi connectivity index (χ0n) is 24.8. The van der Waals surface area contributed by atoms with Gasteiger partial charge in [0, 0.05) is 35.6 Å². The molecule has 14 heteroatoms. The Kier molecular flexibility index (Phi) is 6.63. The number of hydrogen-bond donors (Lipinski definition) is 5. The fourth-order valence-corrected chi connectivity index (χ4v) is 7.46. The van der Waals surface area contributed by atoms with Gasteiger partial charge in [-0.25, -0.2) is 0 Å². The van der Waals surface area contributed by atoms with Crippen molar-refractivity contribution in [3.8, 4) is 16.9 Å². The van der Waals surface area contributed by atoms with Gasteiger partial charge in [-0.3, -0.25) is 39.0 Å². The summed E-state index contributed by atoms with van der Waals surface area (Å²) in [6.07, 6.45) is -0.674. The minimum Gasteiger partial charge on any atom is -0.508 e. The highest BCUT2D eigenvalue weighted by molar-refractivity contribution is 6.23. The average Bonchev–Trinajstić information content (AvgIpc) is 3.28. The lowest BCUT2D eigenvalue weighted by atomic mass is 9.59. The minimum atomic E-state index is -2.77. The first-order chi connectivity index (χ1) is 22.7. The topological polar surface area (TPSA) is 239 Å². The molecule has 0 radical (unpaired) electrons. The molecule has 3 atom stereocenters. The molecule has 1 saturated carbocycles. The van der Waals surface area contributed by atoms with Crippen molar-refractivity contribution in [2.45, 2.75) is 31.4 Å². The first-order valence-corrected chi connectivity index (χ1v) is 14.8. The van der Waals surface area contributed by atoms with Crippen molar-refractivity contribution in [3.63, 3.8) is 0 Å². The number of non-ortho nitro benzene ring substituents is 1. The van der Waals surface area contributed by atoms with Crippen LogP contribution in [-0.2, 0) is 27.3 Å². The predicted molar refractivity (Wildman–Crippen MR) is 164 cm³/mol. The Morgan fingerprint density at radius 2 is 1.62 bits per heavy atom. The molecule has 3 amide bonds. The number of rotatable bonds is 5. The Hall–Kier alpha value is -6.15. The highest BCUT2D eigenvalue weighted by Gasteiger charge is 2.60. The molecule has 4 aliphatic rings. The number of phenolic OH excluding ortho intramolecular Hbond substituents is 1. The highest BCUT2D eigenvalue weighted by Crippen LogP contribution is 2.54. The third-order valence-electron chi connectivity index (χ3n) is 9.72. The number of primary amides is 1. The highest BCUT2D eigenvalue weighted by atomic mass is 16.6. The number of aliphatic hydroxyl groups excluding tert-OH is 2. The molecule has 0 bridgehead atoms. The van der Waals surface area contributed by atoms with E-state index in [1.165, 1.54) is 36.4 Å². The molecule has 3 aliphatic carbocycles. The molecule has 14 nitrogen and oxygen atoms in total. The fourth-order valence-electron chi connectivity index (χ4n) is 7.46. The van der Waals surface area contributed by atoms with E-state index in [0.717, 1.165) is 4.90 Å². The fraction of sp³-hybridized carbons (Fsp3) is 0.206. The van der Waals surface area contributed by atoms with E-state index >= 15 is 0 Å². The summed E-state index contributed by atoms with van der Waals surface area (Å²) in [5.41, 5.74) is 1.74. The van der Waals surface area contributed by atoms with Crippen LogP contribution < -0.4 is 5.73 Å². The lowest BCUT2D eigenvalue weighted by Gasteiger charge is -2.46. The summed E-state index contributed by atoms with van der Waals surface area (Å²) in [4.78, 5) is 77.0. The van der Waals surface area contributed by atoms with E-state index in [1.807, 2.05) is 0 Å². The van der Waals surface area contributed by atoms with Gasteiger partial charge in [0.1, 0.15) is 22.8 Å². The number of aliphatic hydroxyl groups is 3. The SMILES string of the molecule is NC(=O)C1=C(O)[C@@]2(O)C(=O)C3=C(O)c4c(O)c(CN5C(=O)c6ccccc6C5=O)cc(-c5cccc([N+](=O)[O-])c5)c4CC3CC2CC1=O. The van der Waals surface area contributed by atoms with Crippen molar-refractivity contribution < 1.29 is 49.3 Å². The van der Waals surface area contributed by atoms with Crippen LogP contribution in [-0.4, -0.2) is 65.1 Å². The van der Waals surface area contributed by atoms with E-state index in [-0.39, 0.29) is 57.5 Å². The van der Waals surface area contributed by atoms with Crippen LogP contribution in [0.25, 0.3) is 16.9 Å². The lowest BCUT2D eigenvalue weighted by Crippen LogP contribution is -2.58. The zero-order valence-corrected chi connectivity index (χ0v) is 24.8. The Labute approximate surface area is 270 Å². The molecule has 7 rings (SSSR count). The number of carbonyl (C=O) groups excluding carboxylic acids is 5. The van der Waals surface area contributed by atoms with Crippen LogP contribution in [0.5, 0.6) is 5.75 Å². The van der Waals surface area contributed by atoms with Crippen molar-refractivity contribution in [1.29, 1.82) is 0 Å². The van der Waals surface area contributed by atoms with Crippen LogP contribution in [0, 0.1) is 22.0 Å². The number of nitrogens with zero attached hydrogens (tertiary/aromatic N) is 2. The number of nitro groups is 1. The molecular formula is C34H25N3O11. The van der Waals surface area contributed by atoms with Gasteiger partial charge in [-0.05, 0) is 53.6 Å². The third kappa shape index (κ3) is 4.12. The second-order valence-electron chi connectivity index (χ2n) is 12.2. The largest absolute Gasteiger partial charge is 0.508 e. The first kappa shape index (κ1) is 30.5. The van der Waals surface area contributed by atoms with E-state index in [4.69, 9.17) is 5.73 Å². The Morgan fingerprint density at radius 3 is 2.25 bits per heavy atom. The molecule has 48 heavy (non-hydrogen) atoms. The van der Waals surface area contributed by atoms with Gasteiger partial charge in [0.2, 0.25) is 5.78 Å². The van der Waals surface area contributed by atoms with Gasteiger partial charge in [-0.15, -0.1) is 0 Å². The Balaban J connectivity index is 1.43. The monoisotopic (exact) mass is 651 g/mol. The summed E-state index contributed by atoms with van der Waals surface area (Å²) in [5.74, 6) is -9.31. The molecule has 3 aromatic rings. The van der Waals surface area contributed by atoms with Crippen LogP contribution in [0.3, 0.4) is 0 Å². The molecular weight excluding hydrogens is 626 g/mol. The first-order valence-electron chi connectivity index (χ1n) is 14.8. The molecule has 0 aromatic heterocycles. The van der Waals surface area contributed by atoms with Gasteiger partial charge in [-0.2, -0.15) is 0 Å². The van der Waals surface area contributed by atoms with Gasteiger partial charge in [0.25, 0.3) is 23.4 Å². The average molecular weight is 652 g/mol. The summed E-state index contributed by atoms with van der Waals surface area (Å²) in [7, 11) is 0. The number of amides is 3.